The highest BCUT2D eigenvalue weighted by Crippen LogP contribution is 2.44. The molecule has 0 saturated heterocycles. The van der Waals surface area contributed by atoms with Crippen LogP contribution in [-0.2, 0) is 0 Å². The van der Waals surface area contributed by atoms with Gasteiger partial charge in [-0.3, -0.25) is 0 Å². The van der Waals surface area contributed by atoms with Crippen LogP contribution in [-0.4, -0.2) is 5.92 Å². The van der Waals surface area contributed by atoms with Crippen LogP contribution in [0.15, 0.2) is 24.3 Å². The fraction of sp³-hybridized carbons (Fsp3) is 0.455. The third kappa shape index (κ3) is 1.76. The molecule has 0 radical (unpaired) electrons. The summed E-state index contributed by atoms with van der Waals surface area (Å²) in [6, 6.07) is 6.19. The summed E-state index contributed by atoms with van der Waals surface area (Å²) in [7, 11) is 0. The van der Waals surface area contributed by atoms with E-state index in [9.17, 15) is 13.2 Å². The maximum Gasteiger partial charge on any atom is 0.248 e. The number of alkyl halides is 2. The number of rotatable bonds is 1. The van der Waals surface area contributed by atoms with Gasteiger partial charge in [-0.05, 0) is 24.0 Å². The second-order valence-corrected chi connectivity index (χ2v) is 3.82. The zero-order chi connectivity index (χ0) is 10.2. The summed E-state index contributed by atoms with van der Waals surface area (Å²) in [4.78, 5) is 0. The molecule has 14 heavy (non-hydrogen) atoms. The van der Waals surface area contributed by atoms with Crippen molar-refractivity contribution in [1.82, 2.24) is 0 Å². The number of halogens is 3. The van der Waals surface area contributed by atoms with Crippen LogP contribution < -0.4 is 0 Å². The van der Waals surface area contributed by atoms with E-state index in [1.165, 1.54) is 6.07 Å². The van der Waals surface area contributed by atoms with E-state index in [0.29, 0.717) is 12.0 Å². The molecule has 1 aromatic carbocycles. The van der Waals surface area contributed by atoms with E-state index in [0.717, 1.165) is 0 Å². The lowest BCUT2D eigenvalue weighted by Crippen LogP contribution is -2.09. The molecule has 0 bridgehead atoms. The predicted octanol–water partition coefficient (Wildman–Crippen LogP) is 3.73. The largest absolute Gasteiger partial charge is 0.248 e. The number of hydrogen-bond donors (Lipinski definition) is 0. The van der Waals surface area contributed by atoms with Gasteiger partial charge >= 0.3 is 0 Å². The van der Waals surface area contributed by atoms with Crippen LogP contribution in [0.25, 0.3) is 0 Å². The van der Waals surface area contributed by atoms with Gasteiger partial charge in [-0.1, -0.05) is 18.2 Å². The smallest absolute Gasteiger partial charge is 0.207 e. The first-order valence-electron chi connectivity index (χ1n) is 4.71. The van der Waals surface area contributed by atoms with E-state index in [1.54, 1.807) is 18.2 Å². The lowest BCUT2D eigenvalue weighted by Gasteiger charge is -2.11. The quantitative estimate of drug-likeness (QED) is 0.648. The van der Waals surface area contributed by atoms with Gasteiger partial charge in [-0.2, -0.15) is 0 Å². The molecule has 0 spiro atoms. The molecule has 0 N–H and O–H groups in total. The molecule has 0 aromatic heterocycles. The van der Waals surface area contributed by atoms with Crippen molar-refractivity contribution in [2.24, 2.45) is 0 Å². The van der Waals surface area contributed by atoms with Gasteiger partial charge in [0.15, 0.2) is 0 Å². The van der Waals surface area contributed by atoms with Crippen molar-refractivity contribution < 1.29 is 13.2 Å². The topological polar surface area (TPSA) is 0 Å². The Morgan fingerprint density at radius 2 is 1.93 bits per heavy atom. The Hall–Kier alpha value is -0.990. The third-order valence-corrected chi connectivity index (χ3v) is 2.75. The van der Waals surface area contributed by atoms with Gasteiger partial charge < -0.3 is 0 Å². The molecule has 1 unspecified atom stereocenters. The zero-order valence-corrected chi connectivity index (χ0v) is 7.64. The third-order valence-electron chi connectivity index (χ3n) is 2.75. The molecule has 1 aliphatic rings. The number of benzene rings is 1. The molecule has 1 aromatic rings. The molecular formula is C11H11F3. The molecule has 2 rings (SSSR count). The van der Waals surface area contributed by atoms with Crippen LogP contribution in [0, 0.1) is 5.82 Å². The highest BCUT2D eigenvalue weighted by Gasteiger charge is 2.40. The van der Waals surface area contributed by atoms with Crippen LogP contribution >= 0.6 is 0 Å². The SMILES string of the molecule is Fc1ccccc1C1CCC(F)(F)C1. The summed E-state index contributed by atoms with van der Waals surface area (Å²) in [5.41, 5.74) is 0.435. The minimum Gasteiger partial charge on any atom is -0.207 e. The van der Waals surface area contributed by atoms with Crippen molar-refractivity contribution >= 4 is 0 Å². The summed E-state index contributed by atoms with van der Waals surface area (Å²) >= 11 is 0. The van der Waals surface area contributed by atoms with Crippen LogP contribution in [0.2, 0.25) is 0 Å². The molecule has 1 fully saturated rings. The Bertz CT molecular complexity index is 333. The van der Waals surface area contributed by atoms with Gasteiger partial charge in [0.2, 0.25) is 5.92 Å². The average molecular weight is 200 g/mol. The Kier molecular flexibility index (Phi) is 2.25. The Morgan fingerprint density at radius 1 is 1.21 bits per heavy atom. The summed E-state index contributed by atoms with van der Waals surface area (Å²) < 4.78 is 39.0. The highest BCUT2D eigenvalue weighted by molar-refractivity contribution is 5.23. The summed E-state index contributed by atoms with van der Waals surface area (Å²) in [5.74, 6) is -3.28. The van der Waals surface area contributed by atoms with Gasteiger partial charge in [-0.25, -0.2) is 13.2 Å². The van der Waals surface area contributed by atoms with E-state index in [4.69, 9.17) is 0 Å². The molecule has 0 amide bonds. The number of hydrogen-bond acceptors (Lipinski definition) is 0. The Labute approximate surface area is 80.7 Å². The van der Waals surface area contributed by atoms with Crippen LogP contribution in [0.4, 0.5) is 13.2 Å². The zero-order valence-electron chi connectivity index (χ0n) is 7.64. The van der Waals surface area contributed by atoms with Crippen molar-refractivity contribution in [2.45, 2.75) is 31.1 Å². The van der Waals surface area contributed by atoms with E-state index < -0.39 is 5.92 Å². The van der Waals surface area contributed by atoms with Gasteiger partial charge in [0, 0.05) is 12.8 Å². The second kappa shape index (κ2) is 3.30. The Morgan fingerprint density at radius 3 is 2.50 bits per heavy atom. The predicted molar refractivity (Wildman–Crippen MR) is 47.9 cm³/mol. The summed E-state index contributed by atoms with van der Waals surface area (Å²) in [6.45, 7) is 0. The maximum absolute atomic E-state index is 13.2. The molecule has 0 aliphatic heterocycles. The van der Waals surface area contributed by atoms with E-state index >= 15 is 0 Å². The standard InChI is InChI=1S/C11H11F3/c12-10-4-2-1-3-9(10)8-5-6-11(13,14)7-8/h1-4,8H,5-7H2. The van der Waals surface area contributed by atoms with Crippen LogP contribution in [0.1, 0.15) is 30.7 Å². The minimum atomic E-state index is -2.60. The molecule has 76 valence electrons. The monoisotopic (exact) mass is 200 g/mol. The lowest BCUT2D eigenvalue weighted by molar-refractivity contribution is 0.00770. The molecule has 1 aliphatic carbocycles. The van der Waals surface area contributed by atoms with E-state index in [2.05, 4.69) is 0 Å². The molecule has 1 saturated carbocycles. The van der Waals surface area contributed by atoms with Crippen LogP contribution in [0.3, 0.4) is 0 Å². The van der Waals surface area contributed by atoms with E-state index in [1.807, 2.05) is 0 Å². The maximum atomic E-state index is 13.2. The fourth-order valence-electron chi connectivity index (χ4n) is 2.02. The molecule has 3 heteroatoms. The van der Waals surface area contributed by atoms with Crippen molar-refractivity contribution in [3.8, 4) is 0 Å². The van der Waals surface area contributed by atoms with Crippen molar-refractivity contribution in [2.75, 3.05) is 0 Å². The van der Waals surface area contributed by atoms with Gasteiger partial charge in [0.25, 0.3) is 0 Å². The molecule has 1 atom stereocenters. The normalized spacial score (nSPS) is 25.2. The highest BCUT2D eigenvalue weighted by atomic mass is 19.3. The van der Waals surface area contributed by atoms with E-state index in [-0.39, 0.29) is 24.6 Å². The second-order valence-electron chi connectivity index (χ2n) is 3.82. The van der Waals surface area contributed by atoms with Gasteiger partial charge in [0.05, 0.1) is 0 Å². The Balaban J connectivity index is 2.22. The van der Waals surface area contributed by atoms with Crippen LogP contribution in [0.5, 0.6) is 0 Å². The average Bonchev–Trinajstić information content (AvgIpc) is 2.47. The van der Waals surface area contributed by atoms with Gasteiger partial charge in [0.1, 0.15) is 5.82 Å². The van der Waals surface area contributed by atoms with Crippen molar-refractivity contribution in [1.29, 1.82) is 0 Å². The minimum absolute atomic E-state index is 0.119. The summed E-state index contributed by atoms with van der Waals surface area (Å²) in [6.07, 6.45) is 0.0495. The molecular weight excluding hydrogens is 189 g/mol. The van der Waals surface area contributed by atoms with Crippen molar-refractivity contribution in [3.63, 3.8) is 0 Å². The molecule has 0 nitrogen and oxygen atoms in total. The first kappa shape index (κ1) is 9.56. The first-order chi connectivity index (χ1) is 6.58. The fourth-order valence-corrected chi connectivity index (χ4v) is 2.02. The van der Waals surface area contributed by atoms with Gasteiger partial charge in [-0.15, -0.1) is 0 Å². The lowest BCUT2D eigenvalue weighted by atomic mass is 9.97. The molecule has 0 heterocycles. The first-order valence-corrected chi connectivity index (χ1v) is 4.71. The summed E-state index contributed by atoms with van der Waals surface area (Å²) in [5, 5.41) is 0. The van der Waals surface area contributed by atoms with Crippen molar-refractivity contribution in [3.05, 3.63) is 35.6 Å².